The molecule has 17 heavy (non-hydrogen) atoms. The molecule has 0 aromatic heterocycles. The molecule has 1 N–H and O–H groups in total. The van der Waals surface area contributed by atoms with Gasteiger partial charge in [-0.15, -0.1) is 0 Å². The van der Waals surface area contributed by atoms with Gasteiger partial charge in [0.1, 0.15) is 0 Å². The summed E-state index contributed by atoms with van der Waals surface area (Å²) in [6.07, 6.45) is 3.77. The van der Waals surface area contributed by atoms with Crippen LogP contribution in [0.4, 0.5) is 0 Å². The van der Waals surface area contributed by atoms with Crippen LogP contribution in [0, 0.1) is 5.92 Å². The Morgan fingerprint density at radius 1 is 1.00 bits per heavy atom. The van der Waals surface area contributed by atoms with Crippen LogP contribution in [0.15, 0.2) is 30.3 Å². The van der Waals surface area contributed by atoms with Crippen LogP contribution in [0.3, 0.4) is 0 Å². The maximum absolute atomic E-state index is 3.75. The lowest BCUT2D eigenvalue weighted by Crippen LogP contribution is -2.32. The van der Waals surface area contributed by atoms with Gasteiger partial charge in [-0.2, -0.15) is 0 Å². The molecule has 1 rings (SSSR count). The van der Waals surface area contributed by atoms with Gasteiger partial charge in [-0.25, -0.2) is 0 Å². The summed E-state index contributed by atoms with van der Waals surface area (Å²) in [6.45, 7) is 9.15. The van der Waals surface area contributed by atoms with E-state index >= 15 is 0 Å². The molecule has 0 bridgehead atoms. The Hall–Kier alpha value is -0.820. The molecule has 1 aromatic rings. The average Bonchev–Trinajstić information content (AvgIpc) is 2.38. The summed E-state index contributed by atoms with van der Waals surface area (Å²) in [5.74, 6) is 0.815. The van der Waals surface area contributed by atoms with Crippen molar-refractivity contribution in [2.24, 2.45) is 5.92 Å². The highest BCUT2D eigenvalue weighted by Crippen LogP contribution is 2.17. The van der Waals surface area contributed by atoms with Crippen LogP contribution in [0.1, 0.15) is 58.6 Å². The van der Waals surface area contributed by atoms with E-state index in [1.54, 1.807) is 0 Å². The number of hydrogen-bond acceptors (Lipinski definition) is 1. The van der Waals surface area contributed by atoms with E-state index in [9.17, 15) is 0 Å². The van der Waals surface area contributed by atoms with E-state index in [0.29, 0.717) is 12.1 Å². The second-order valence-electron chi connectivity index (χ2n) is 5.15. The van der Waals surface area contributed by atoms with Crippen molar-refractivity contribution < 1.29 is 0 Å². The topological polar surface area (TPSA) is 12.0 Å². The van der Waals surface area contributed by atoms with Gasteiger partial charge in [0, 0.05) is 12.1 Å². The highest BCUT2D eigenvalue weighted by atomic mass is 14.9. The molecule has 0 heterocycles. The van der Waals surface area contributed by atoms with Gasteiger partial charge in [-0.3, -0.25) is 0 Å². The minimum atomic E-state index is 0.449. The van der Waals surface area contributed by atoms with Crippen LogP contribution in [-0.4, -0.2) is 6.04 Å². The Balaban J connectivity index is 2.50. The molecule has 3 unspecified atom stereocenters. The zero-order chi connectivity index (χ0) is 12.7. The van der Waals surface area contributed by atoms with Gasteiger partial charge in [-0.1, -0.05) is 57.5 Å². The van der Waals surface area contributed by atoms with Crippen molar-refractivity contribution in [1.82, 2.24) is 5.32 Å². The summed E-state index contributed by atoms with van der Waals surface area (Å²) in [5, 5.41) is 3.75. The fourth-order valence-corrected chi connectivity index (χ4v) is 2.20. The first-order chi connectivity index (χ1) is 8.17. The third-order valence-electron chi connectivity index (χ3n) is 3.66. The predicted molar refractivity (Wildman–Crippen MR) is 76.1 cm³/mol. The first-order valence-electron chi connectivity index (χ1n) is 6.98. The van der Waals surface area contributed by atoms with Gasteiger partial charge in [-0.05, 0) is 31.2 Å². The second-order valence-corrected chi connectivity index (χ2v) is 5.15. The molecule has 0 saturated heterocycles. The van der Waals surface area contributed by atoms with Gasteiger partial charge >= 0.3 is 0 Å². The van der Waals surface area contributed by atoms with Crippen molar-refractivity contribution in [2.75, 3.05) is 0 Å². The highest BCUT2D eigenvalue weighted by molar-refractivity contribution is 5.18. The van der Waals surface area contributed by atoms with Gasteiger partial charge < -0.3 is 5.32 Å². The molecule has 3 atom stereocenters. The monoisotopic (exact) mass is 233 g/mol. The lowest BCUT2D eigenvalue weighted by Gasteiger charge is -2.25. The number of nitrogens with one attached hydrogen (secondary N) is 1. The number of rotatable bonds is 7. The van der Waals surface area contributed by atoms with Gasteiger partial charge in [0.2, 0.25) is 0 Å². The number of benzene rings is 1. The number of hydrogen-bond donors (Lipinski definition) is 1. The summed E-state index contributed by atoms with van der Waals surface area (Å²) in [5.41, 5.74) is 1.38. The molecule has 0 amide bonds. The maximum atomic E-state index is 3.75. The van der Waals surface area contributed by atoms with Crippen LogP contribution in [0.5, 0.6) is 0 Å². The maximum Gasteiger partial charge on any atom is 0.0294 e. The molecule has 1 aromatic carbocycles. The fourth-order valence-electron chi connectivity index (χ4n) is 2.20. The third kappa shape index (κ3) is 4.91. The van der Waals surface area contributed by atoms with Crippen LogP contribution >= 0.6 is 0 Å². The predicted octanol–water partition coefficient (Wildman–Crippen LogP) is 4.55. The molecule has 0 fully saturated rings. The zero-order valence-electron chi connectivity index (χ0n) is 11.7. The summed E-state index contributed by atoms with van der Waals surface area (Å²) in [4.78, 5) is 0. The minimum Gasteiger partial charge on any atom is -0.307 e. The first-order valence-corrected chi connectivity index (χ1v) is 6.98. The normalized spacial score (nSPS) is 16.5. The van der Waals surface area contributed by atoms with E-state index in [1.807, 2.05) is 0 Å². The molecule has 1 nitrogen and oxygen atoms in total. The van der Waals surface area contributed by atoms with Crippen LogP contribution in [0.2, 0.25) is 0 Å². The average molecular weight is 233 g/mol. The second kappa shape index (κ2) is 7.50. The van der Waals surface area contributed by atoms with E-state index in [0.717, 1.165) is 5.92 Å². The molecule has 96 valence electrons. The standard InChI is InChI=1S/C16H27N/c1-5-13(3)12-16(6-2)17-14(4)15-10-8-7-9-11-15/h7-11,13-14,16-17H,5-6,12H2,1-4H3. The van der Waals surface area contributed by atoms with Crippen LogP contribution in [0.25, 0.3) is 0 Å². The van der Waals surface area contributed by atoms with E-state index in [4.69, 9.17) is 0 Å². The molecule has 0 aliphatic carbocycles. The Bertz CT molecular complexity index is 294. The fraction of sp³-hybridized carbons (Fsp3) is 0.625. The van der Waals surface area contributed by atoms with Crippen molar-refractivity contribution >= 4 is 0 Å². The van der Waals surface area contributed by atoms with Gasteiger partial charge in [0.05, 0.1) is 0 Å². The smallest absolute Gasteiger partial charge is 0.0294 e. The van der Waals surface area contributed by atoms with E-state index in [-0.39, 0.29) is 0 Å². The van der Waals surface area contributed by atoms with Gasteiger partial charge in [0.15, 0.2) is 0 Å². The van der Waals surface area contributed by atoms with E-state index in [2.05, 4.69) is 63.3 Å². The minimum absolute atomic E-state index is 0.449. The third-order valence-corrected chi connectivity index (χ3v) is 3.66. The summed E-state index contributed by atoms with van der Waals surface area (Å²) in [6, 6.07) is 11.8. The SMILES string of the molecule is CCC(C)CC(CC)NC(C)c1ccccc1. The summed E-state index contributed by atoms with van der Waals surface area (Å²) < 4.78 is 0. The molecular formula is C16H27N. The molecule has 0 radical (unpaired) electrons. The van der Waals surface area contributed by atoms with Crippen molar-refractivity contribution in [3.05, 3.63) is 35.9 Å². The van der Waals surface area contributed by atoms with Crippen LogP contribution < -0.4 is 5.32 Å². The first kappa shape index (κ1) is 14.2. The Morgan fingerprint density at radius 2 is 1.65 bits per heavy atom. The summed E-state index contributed by atoms with van der Waals surface area (Å²) in [7, 11) is 0. The van der Waals surface area contributed by atoms with Crippen molar-refractivity contribution in [3.63, 3.8) is 0 Å². The Morgan fingerprint density at radius 3 is 2.18 bits per heavy atom. The lowest BCUT2D eigenvalue weighted by molar-refractivity contribution is 0.359. The van der Waals surface area contributed by atoms with Crippen molar-refractivity contribution in [1.29, 1.82) is 0 Å². The zero-order valence-corrected chi connectivity index (χ0v) is 11.7. The quantitative estimate of drug-likeness (QED) is 0.728. The highest BCUT2D eigenvalue weighted by Gasteiger charge is 2.13. The molecule has 0 aliphatic heterocycles. The van der Waals surface area contributed by atoms with Crippen molar-refractivity contribution in [3.8, 4) is 0 Å². The Labute approximate surface area is 107 Å². The van der Waals surface area contributed by atoms with E-state index < -0.39 is 0 Å². The summed E-state index contributed by atoms with van der Waals surface area (Å²) >= 11 is 0. The lowest BCUT2D eigenvalue weighted by atomic mass is 9.96. The largest absolute Gasteiger partial charge is 0.307 e. The molecule has 0 spiro atoms. The van der Waals surface area contributed by atoms with Gasteiger partial charge in [0.25, 0.3) is 0 Å². The van der Waals surface area contributed by atoms with Crippen LogP contribution in [-0.2, 0) is 0 Å². The molecule has 0 saturated carbocycles. The Kier molecular flexibility index (Phi) is 6.28. The molecule has 1 heteroatoms. The van der Waals surface area contributed by atoms with E-state index in [1.165, 1.54) is 24.8 Å². The molecular weight excluding hydrogens is 206 g/mol. The molecule has 0 aliphatic rings. The van der Waals surface area contributed by atoms with Crippen molar-refractivity contribution in [2.45, 2.75) is 59.0 Å².